The van der Waals surface area contributed by atoms with Crippen LogP contribution in [0.4, 0.5) is 4.79 Å². The van der Waals surface area contributed by atoms with Gasteiger partial charge in [-0.3, -0.25) is 0 Å². The van der Waals surface area contributed by atoms with Crippen molar-refractivity contribution in [2.75, 3.05) is 13.1 Å². The van der Waals surface area contributed by atoms with Crippen LogP contribution in [0.25, 0.3) is 0 Å². The van der Waals surface area contributed by atoms with Gasteiger partial charge in [0, 0.05) is 18.5 Å². The van der Waals surface area contributed by atoms with Crippen molar-refractivity contribution in [2.24, 2.45) is 5.41 Å². The Morgan fingerprint density at radius 3 is 2.00 bits per heavy atom. The molecule has 1 aliphatic heterocycles. The number of carbonyl (C=O) groups excluding carboxylic acids is 1. The Morgan fingerprint density at radius 2 is 1.47 bits per heavy atom. The summed E-state index contributed by atoms with van der Waals surface area (Å²) in [5.74, 6) is 0. The van der Waals surface area contributed by atoms with Crippen LogP contribution in [0.3, 0.4) is 0 Å². The van der Waals surface area contributed by atoms with Crippen LogP contribution in [0.1, 0.15) is 72.1 Å². The van der Waals surface area contributed by atoms with Crippen LogP contribution in [0, 0.1) is 5.41 Å². The summed E-state index contributed by atoms with van der Waals surface area (Å²) in [6.07, 6.45) is 9.11. The molecule has 19 heavy (non-hydrogen) atoms. The molecule has 0 radical (unpaired) electrons. The van der Waals surface area contributed by atoms with Crippen molar-refractivity contribution < 1.29 is 9.53 Å². The van der Waals surface area contributed by atoms with E-state index in [1.807, 2.05) is 4.90 Å². The molecule has 0 spiro atoms. The molecule has 2 fully saturated rings. The Balaban J connectivity index is 2.05. The van der Waals surface area contributed by atoms with Gasteiger partial charge < -0.3 is 9.64 Å². The molecule has 2 rings (SSSR count). The lowest BCUT2D eigenvalue weighted by molar-refractivity contribution is -0.103. The second-order valence-corrected chi connectivity index (χ2v) is 7.22. The third-order valence-corrected chi connectivity index (χ3v) is 4.93. The van der Waals surface area contributed by atoms with Gasteiger partial charge in [-0.25, -0.2) is 4.79 Å². The number of amides is 1. The molecular weight excluding hydrogens is 238 g/mol. The molecule has 1 aliphatic carbocycles. The Labute approximate surface area is 117 Å². The highest BCUT2D eigenvalue weighted by molar-refractivity contribution is 5.68. The van der Waals surface area contributed by atoms with Gasteiger partial charge in [-0.15, -0.1) is 0 Å². The Morgan fingerprint density at radius 1 is 0.947 bits per heavy atom. The predicted octanol–water partition coefficient (Wildman–Crippen LogP) is 4.36. The smallest absolute Gasteiger partial charge is 0.410 e. The van der Waals surface area contributed by atoms with E-state index in [0.717, 1.165) is 38.8 Å². The highest BCUT2D eigenvalue weighted by Gasteiger charge is 2.46. The highest BCUT2D eigenvalue weighted by Crippen LogP contribution is 2.45. The molecule has 0 N–H and O–H groups in total. The van der Waals surface area contributed by atoms with Gasteiger partial charge in [-0.1, -0.05) is 27.2 Å². The average molecular weight is 267 g/mol. The minimum Gasteiger partial charge on any atom is -0.442 e. The van der Waals surface area contributed by atoms with E-state index >= 15 is 0 Å². The molecule has 0 aromatic heterocycles. The molecule has 0 aromatic carbocycles. The second kappa shape index (κ2) is 5.72. The van der Waals surface area contributed by atoms with E-state index in [1.54, 1.807) is 0 Å². The number of ether oxygens (including phenoxy) is 1. The van der Waals surface area contributed by atoms with E-state index < -0.39 is 0 Å². The van der Waals surface area contributed by atoms with Gasteiger partial charge in [0.1, 0.15) is 5.60 Å². The summed E-state index contributed by atoms with van der Waals surface area (Å²) in [6, 6.07) is 0. The second-order valence-electron chi connectivity index (χ2n) is 7.22. The first-order valence-corrected chi connectivity index (χ1v) is 7.93. The summed E-state index contributed by atoms with van der Waals surface area (Å²) >= 11 is 0. The van der Waals surface area contributed by atoms with Crippen molar-refractivity contribution in [3.05, 3.63) is 0 Å². The molecule has 110 valence electrons. The normalized spacial score (nSPS) is 24.1. The Hall–Kier alpha value is -0.730. The predicted molar refractivity (Wildman–Crippen MR) is 77.2 cm³/mol. The third kappa shape index (κ3) is 3.24. The maximum absolute atomic E-state index is 12.4. The van der Waals surface area contributed by atoms with E-state index in [1.165, 1.54) is 25.7 Å². The number of hydrogen-bond donors (Lipinski definition) is 0. The molecular formula is C16H29NO2. The van der Waals surface area contributed by atoms with Crippen LogP contribution in [-0.4, -0.2) is 29.7 Å². The minimum atomic E-state index is -0.250. The minimum absolute atomic E-state index is 0.0267. The number of hydrogen-bond acceptors (Lipinski definition) is 2. The van der Waals surface area contributed by atoms with Crippen LogP contribution in [-0.2, 0) is 4.74 Å². The van der Waals surface area contributed by atoms with E-state index in [-0.39, 0.29) is 17.1 Å². The molecule has 0 bridgehead atoms. The molecule has 0 atom stereocenters. The van der Waals surface area contributed by atoms with Crippen LogP contribution in [0.5, 0.6) is 0 Å². The maximum atomic E-state index is 12.4. The number of rotatable bonds is 1. The summed E-state index contributed by atoms with van der Waals surface area (Å²) in [4.78, 5) is 14.3. The van der Waals surface area contributed by atoms with Crippen molar-refractivity contribution in [1.29, 1.82) is 0 Å². The van der Waals surface area contributed by atoms with Gasteiger partial charge in [0.15, 0.2) is 0 Å². The molecule has 1 heterocycles. The molecule has 0 aromatic rings. The Kier molecular flexibility index (Phi) is 4.42. The summed E-state index contributed by atoms with van der Waals surface area (Å²) in [6.45, 7) is 8.38. The fraction of sp³-hybridized carbons (Fsp3) is 0.938. The third-order valence-electron chi connectivity index (χ3n) is 4.93. The number of nitrogens with zero attached hydrogens (tertiary/aromatic N) is 1. The topological polar surface area (TPSA) is 29.5 Å². The van der Waals surface area contributed by atoms with E-state index in [2.05, 4.69) is 20.8 Å². The molecule has 2 aliphatic rings. The van der Waals surface area contributed by atoms with Crippen molar-refractivity contribution in [3.8, 4) is 0 Å². The highest BCUT2D eigenvalue weighted by atomic mass is 16.6. The fourth-order valence-corrected chi connectivity index (χ4v) is 3.44. The van der Waals surface area contributed by atoms with Gasteiger partial charge in [0.2, 0.25) is 0 Å². The Bertz CT molecular complexity index is 307. The van der Waals surface area contributed by atoms with Crippen LogP contribution >= 0.6 is 0 Å². The maximum Gasteiger partial charge on any atom is 0.410 e. The van der Waals surface area contributed by atoms with Crippen molar-refractivity contribution in [2.45, 2.75) is 77.7 Å². The van der Waals surface area contributed by atoms with Crippen LogP contribution in [0.2, 0.25) is 0 Å². The van der Waals surface area contributed by atoms with E-state index in [4.69, 9.17) is 4.74 Å². The molecule has 3 heteroatoms. The SMILES string of the molecule is CC(C)(C)C1(OC(=O)N2CCCCC2)CCCCC1. The van der Waals surface area contributed by atoms with Crippen LogP contribution in [0.15, 0.2) is 0 Å². The van der Waals surface area contributed by atoms with Gasteiger partial charge in [-0.2, -0.15) is 0 Å². The number of piperidine rings is 1. The van der Waals surface area contributed by atoms with Gasteiger partial charge in [-0.05, 0) is 44.9 Å². The first-order valence-electron chi connectivity index (χ1n) is 7.93. The lowest BCUT2D eigenvalue weighted by Crippen LogP contribution is -2.51. The fourth-order valence-electron chi connectivity index (χ4n) is 3.44. The molecule has 3 nitrogen and oxygen atoms in total. The molecule has 1 amide bonds. The van der Waals surface area contributed by atoms with Gasteiger partial charge in [0.25, 0.3) is 0 Å². The standard InChI is InChI=1S/C16H29NO2/c1-15(2,3)16(10-6-4-7-11-16)19-14(18)17-12-8-5-9-13-17/h4-13H2,1-3H3. The zero-order valence-electron chi connectivity index (χ0n) is 12.8. The number of likely N-dealkylation sites (tertiary alicyclic amines) is 1. The van der Waals surface area contributed by atoms with E-state index in [0.29, 0.717) is 0 Å². The van der Waals surface area contributed by atoms with Gasteiger partial charge in [0.05, 0.1) is 0 Å². The zero-order valence-corrected chi connectivity index (χ0v) is 12.8. The van der Waals surface area contributed by atoms with Crippen LogP contribution < -0.4 is 0 Å². The molecule has 1 saturated heterocycles. The lowest BCUT2D eigenvalue weighted by Gasteiger charge is -2.47. The zero-order chi connectivity index (χ0) is 13.9. The summed E-state index contributed by atoms with van der Waals surface area (Å²) in [5.41, 5.74) is -0.224. The monoisotopic (exact) mass is 267 g/mol. The largest absolute Gasteiger partial charge is 0.442 e. The first kappa shape index (κ1) is 14.7. The van der Waals surface area contributed by atoms with Crippen molar-refractivity contribution >= 4 is 6.09 Å². The number of carbonyl (C=O) groups is 1. The summed E-state index contributed by atoms with van der Waals surface area (Å²) in [7, 11) is 0. The lowest BCUT2D eigenvalue weighted by atomic mass is 9.68. The average Bonchev–Trinajstić information content (AvgIpc) is 2.39. The summed E-state index contributed by atoms with van der Waals surface area (Å²) < 4.78 is 6.07. The van der Waals surface area contributed by atoms with Crippen molar-refractivity contribution in [1.82, 2.24) is 4.90 Å². The quantitative estimate of drug-likeness (QED) is 0.706. The van der Waals surface area contributed by atoms with E-state index in [9.17, 15) is 4.79 Å². The summed E-state index contributed by atoms with van der Waals surface area (Å²) in [5, 5.41) is 0. The van der Waals surface area contributed by atoms with Crippen molar-refractivity contribution in [3.63, 3.8) is 0 Å². The molecule has 1 saturated carbocycles. The van der Waals surface area contributed by atoms with Gasteiger partial charge >= 0.3 is 6.09 Å². The molecule has 0 unspecified atom stereocenters. The first-order chi connectivity index (χ1) is 8.95.